The van der Waals surface area contributed by atoms with Gasteiger partial charge in [-0.15, -0.1) is 0 Å². The molecule has 3 nitrogen and oxygen atoms in total. The van der Waals surface area contributed by atoms with Crippen molar-refractivity contribution < 1.29 is 9.13 Å². The number of aryl methyl sites for hydroxylation is 2. The van der Waals surface area contributed by atoms with Gasteiger partial charge in [0.2, 0.25) is 11.4 Å². The summed E-state index contributed by atoms with van der Waals surface area (Å²) in [6, 6.07) is 49.8. The first-order valence-electron chi connectivity index (χ1n) is 18.2. The highest BCUT2D eigenvalue weighted by Gasteiger charge is 2.44. The first-order valence-corrected chi connectivity index (χ1v) is 18.2. The number of fused-ring (bicyclic) bond motifs is 15. The van der Waals surface area contributed by atoms with Gasteiger partial charge in [0, 0.05) is 50.9 Å². The molecule has 3 heteroatoms. The Balaban J connectivity index is 1.23. The van der Waals surface area contributed by atoms with Gasteiger partial charge in [0.05, 0.1) is 33.6 Å². The molecule has 5 aromatic carbocycles. The Hall–Kier alpha value is -6.06. The van der Waals surface area contributed by atoms with Gasteiger partial charge >= 0.3 is 0 Å². The molecule has 0 radical (unpaired) electrons. The molecule has 11 rings (SSSR count). The Morgan fingerprint density at radius 1 is 0.647 bits per heavy atom. The van der Waals surface area contributed by atoms with Gasteiger partial charge in [-0.25, -0.2) is 0 Å². The van der Waals surface area contributed by atoms with Crippen LogP contribution in [0.25, 0.3) is 71.7 Å². The maximum atomic E-state index is 4.95. The number of benzene rings is 5. The first kappa shape index (κ1) is 28.7. The van der Waals surface area contributed by atoms with Crippen molar-refractivity contribution in [2.75, 3.05) is 0 Å². The number of aromatic nitrogens is 3. The SMILES string of the molecule is C=C1C[n+]2ccccc2-c2ccccc2CCC2c3cc4c(cc3-c3cc(C)c(-c5ccccc5)c[n+]3C12)c1cccc2c3ccccc3n4c21. The summed E-state index contributed by atoms with van der Waals surface area (Å²) < 4.78 is 7.54. The summed E-state index contributed by atoms with van der Waals surface area (Å²) in [5, 5.41) is 5.29. The monoisotopic (exact) mass is 655 g/mol. The van der Waals surface area contributed by atoms with Gasteiger partial charge in [0.25, 0.3) is 0 Å². The third-order valence-corrected chi connectivity index (χ3v) is 11.9. The van der Waals surface area contributed by atoms with Crippen LogP contribution in [0.1, 0.15) is 35.1 Å². The second-order valence-corrected chi connectivity index (χ2v) is 14.7. The third kappa shape index (κ3) is 4.06. The summed E-state index contributed by atoms with van der Waals surface area (Å²) in [5.74, 6) is 0.238. The summed E-state index contributed by atoms with van der Waals surface area (Å²) in [4.78, 5) is 0. The molecule has 2 aliphatic heterocycles. The fraction of sp³-hybridized carbons (Fsp3) is 0.125. The highest BCUT2D eigenvalue weighted by molar-refractivity contribution is 6.23. The molecule has 0 spiro atoms. The van der Waals surface area contributed by atoms with Crippen LogP contribution < -0.4 is 9.13 Å². The molecule has 2 unspecified atom stereocenters. The minimum absolute atomic E-state index is 0.0876. The zero-order valence-electron chi connectivity index (χ0n) is 28.7. The van der Waals surface area contributed by atoms with Crippen LogP contribution in [-0.2, 0) is 13.0 Å². The topological polar surface area (TPSA) is 12.2 Å². The second-order valence-electron chi connectivity index (χ2n) is 14.7. The lowest BCUT2D eigenvalue weighted by Gasteiger charge is -2.32. The summed E-state index contributed by atoms with van der Waals surface area (Å²) >= 11 is 0. The summed E-state index contributed by atoms with van der Waals surface area (Å²) in [6.45, 7) is 7.97. The van der Waals surface area contributed by atoms with Crippen LogP contribution in [0.2, 0.25) is 0 Å². The van der Waals surface area contributed by atoms with E-state index in [1.807, 2.05) is 0 Å². The van der Waals surface area contributed by atoms with Crippen LogP contribution in [0.3, 0.4) is 0 Å². The Morgan fingerprint density at radius 3 is 2.31 bits per heavy atom. The van der Waals surface area contributed by atoms with Crippen LogP contribution in [-0.4, -0.2) is 4.40 Å². The molecule has 242 valence electrons. The lowest BCUT2D eigenvalue weighted by Crippen LogP contribution is -2.51. The Bertz CT molecular complexity index is 2880. The van der Waals surface area contributed by atoms with E-state index in [-0.39, 0.29) is 12.0 Å². The Labute approximate surface area is 297 Å². The molecule has 4 aromatic heterocycles. The minimum Gasteiger partial charge on any atom is -0.308 e. The van der Waals surface area contributed by atoms with Crippen molar-refractivity contribution in [2.24, 2.45) is 0 Å². The lowest BCUT2D eigenvalue weighted by molar-refractivity contribution is -0.722. The maximum absolute atomic E-state index is 4.95. The zero-order chi connectivity index (χ0) is 33.8. The highest BCUT2D eigenvalue weighted by atomic mass is 15.0. The molecule has 0 saturated carbocycles. The molecule has 0 amide bonds. The molecule has 0 saturated heterocycles. The Morgan fingerprint density at radius 2 is 1.41 bits per heavy atom. The van der Waals surface area contributed by atoms with E-state index >= 15 is 0 Å². The first-order chi connectivity index (χ1) is 25.1. The lowest BCUT2D eigenvalue weighted by atomic mass is 9.75. The number of allylic oxidation sites excluding steroid dienone is 1. The quantitative estimate of drug-likeness (QED) is 0.123. The van der Waals surface area contributed by atoms with Crippen LogP contribution in [0.5, 0.6) is 0 Å². The van der Waals surface area contributed by atoms with E-state index in [0.29, 0.717) is 0 Å². The summed E-state index contributed by atoms with van der Waals surface area (Å²) in [6.07, 6.45) is 6.68. The molecule has 0 N–H and O–H groups in total. The van der Waals surface area contributed by atoms with Crippen molar-refractivity contribution >= 4 is 38.1 Å². The van der Waals surface area contributed by atoms with Gasteiger partial charge in [0.1, 0.15) is 0 Å². The number of hydrogen-bond donors (Lipinski definition) is 0. The highest BCUT2D eigenvalue weighted by Crippen LogP contribution is 2.49. The number of rotatable bonds is 1. The van der Waals surface area contributed by atoms with E-state index < -0.39 is 0 Å². The number of para-hydroxylation sites is 2. The molecule has 0 bridgehead atoms. The van der Waals surface area contributed by atoms with Crippen molar-refractivity contribution in [3.8, 4) is 33.6 Å². The molecule has 2 atom stereocenters. The van der Waals surface area contributed by atoms with Crippen LogP contribution >= 0.6 is 0 Å². The van der Waals surface area contributed by atoms with Crippen molar-refractivity contribution in [3.05, 3.63) is 175 Å². The van der Waals surface area contributed by atoms with E-state index in [0.717, 1.165) is 19.4 Å². The molecule has 0 aliphatic carbocycles. The van der Waals surface area contributed by atoms with Gasteiger partial charge in [-0.3, -0.25) is 0 Å². The summed E-state index contributed by atoms with van der Waals surface area (Å²) in [5.41, 5.74) is 17.0. The van der Waals surface area contributed by atoms with Gasteiger partial charge in [-0.05, 0) is 72.4 Å². The van der Waals surface area contributed by atoms with Crippen molar-refractivity contribution in [3.63, 3.8) is 0 Å². The third-order valence-electron chi connectivity index (χ3n) is 11.9. The molecular weight excluding hydrogens is 619 g/mol. The number of nitrogens with zero attached hydrogens (tertiary/aromatic N) is 3. The maximum Gasteiger partial charge on any atom is 0.213 e. The number of pyridine rings is 2. The predicted molar refractivity (Wildman–Crippen MR) is 208 cm³/mol. The normalized spacial score (nSPS) is 16.9. The Kier molecular flexibility index (Phi) is 6.04. The van der Waals surface area contributed by atoms with E-state index in [9.17, 15) is 0 Å². The van der Waals surface area contributed by atoms with E-state index in [2.05, 4.69) is 166 Å². The molecule has 2 aliphatic rings. The van der Waals surface area contributed by atoms with Crippen molar-refractivity contribution in [2.45, 2.75) is 38.3 Å². The van der Waals surface area contributed by atoms with E-state index in [1.54, 1.807) is 0 Å². The molecule has 0 fully saturated rings. The molecular formula is C48H37N3+2. The summed E-state index contributed by atoms with van der Waals surface area (Å²) in [7, 11) is 0. The molecule has 51 heavy (non-hydrogen) atoms. The second kappa shape index (κ2) is 10.7. The average molecular weight is 656 g/mol. The van der Waals surface area contributed by atoms with E-state index in [1.165, 1.54) is 94.0 Å². The van der Waals surface area contributed by atoms with Gasteiger partial charge in [0.15, 0.2) is 25.0 Å². The smallest absolute Gasteiger partial charge is 0.213 e. The van der Waals surface area contributed by atoms with Gasteiger partial charge in [-0.2, -0.15) is 9.13 Å². The van der Waals surface area contributed by atoms with Crippen molar-refractivity contribution in [1.82, 2.24) is 4.40 Å². The largest absolute Gasteiger partial charge is 0.308 e. The van der Waals surface area contributed by atoms with Gasteiger partial charge in [-0.1, -0.05) is 91.5 Å². The molecule has 6 heterocycles. The van der Waals surface area contributed by atoms with Gasteiger partial charge < -0.3 is 4.40 Å². The fourth-order valence-corrected chi connectivity index (χ4v) is 9.68. The zero-order valence-corrected chi connectivity index (χ0v) is 28.7. The van der Waals surface area contributed by atoms with Crippen LogP contribution in [0, 0.1) is 6.92 Å². The fourth-order valence-electron chi connectivity index (χ4n) is 9.68. The van der Waals surface area contributed by atoms with Crippen molar-refractivity contribution in [1.29, 1.82) is 0 Å². The predicted octanol–water partition coefficient (Wildman–Crippen LogP) is 10.6. The standard InChI is InChI=1S/C48H37N3/c1-30-25-45-41-26-40-37-19-12-18-36-35-17-8-9-21-44(35)51(48(36)37)46(40)27-39(41)38-23-22-33-15-6-7-16-34(33)43-20-10-11-24-49(43)28-31(2)47(38)50(45)29-42(30)32-13-4-3-5-14-32/h3-21,24-27,29,38,47H,2,22-23,28H2,1H3/q+2. The average Bonchev–Trinajstić information content (AvgIpc) is 3.68. The molecule has 9 aromatic rings. The van der Waals surface area contributed by atoms with Crippen LogP contribution in [0.15, 0.2) is 158 Å². The number of hydrogen-bond acceptors (Lipinski definition) is 0. The minimum atomic E-state index is 0.0876. The van der Waals surface area contributed by atoms with E-state index in [4.69, 9.17) is 6.58 Å². The van der Waals surface area contributed by atoms with Crippen LogP contribution in [0.4, 0.5) is 0 Å².